The number of carboxylic acids is 1. The van der Waals surface area contributed by atoms with Crippen molar-refractivity contribution in [3.63, 3.8) is 0 Å². The van der Waals surface area contributed by atoms with Crippen molar-refractivity contribution in [1.29, 1.82) is 0 Å². The van der Waals surface area contributed by atoms with E-state index >= 15 is 0 Å². The van der Waals surface area contributed by atoms with Gasteiger partial charge in [-0.05, 0) is 24.1 Å². The minimum Gasteiger partial charge on any atom is -0.479 e. The Balaban J connectivity index is 2.65. The third kappa shape index (κ3) is 3.85. The molecule has 2 N–H and O–H groups in total. The second-order valence-corrected chi connectivity index (χ2v) is 3.85. The molecule has 0 bridgehead atoms. The second-order valence-electron chi connectivity index (χ2n) is 3.85. The average molecular weight is 252 g/mol. The molecular formula is C13H16O5. The number of esters is 1. The minimum atomic E-state index is -1.57. The summed E-state index contributed by atoms with van der Waals surface area (Å²) in [5.41, 5.74) is 0.569. The zero-order valence-corrected chi connectivity index (χ0v) is 10.1. The van der Waals surface area contributed by atoms with E-state index in [0.29, 0.717) is 12.2 Å². The zero-order chi connectivity index (χ0) is 13.5. The molecule has 0 radical (unpaired) electrons. The molecule has 0 aliphatic carbocycles. The van der Waals surface area contributed by atoms with Gasteiger partial charge in [-0.1, -0.05) is 25.5 Å². The number of carbonyl (C=O) groups is 2. The molecule has 0 aliphatic heterocycles. The van der Waals surface area contributed by atoms with Crippen molar-refractivity contribution >= 4 is 11.9 Å². The lowest BCUT2D eigenvalue weighted by molar-refractivity contribution is -0.146. The van der Waals surface area contributed by atoms with Gasteiger partial charge in [0.1, 0.15) is 0 Å². The number of aliphatic carboxylic acids is 1. The molecule has 0 spiro atoms. The van der Waals surface area contributed by atoms with E-state index in [9.17, 15) is 14.7 Å². The molecule has 5 nitrogen and oxygen atoms in total. The number of hydrogen-bond acceptors (Lipinski definition) is 4. The Bertz CT molecular complexity index is 410. The first kappa shape index (κ1) is 14.2. The van der Waals surface area contributed by atoms with Crippen molar-refractivity contribution in [3.05, 3.63) is 35.4 Å². The molecule has 18 heavy (non-hydrogen) atoms. The highest BCUT2D eigenvalue weighted by molar-refractivity contribution is 5.89. The van der Waals surface area contributed by atoms with Crippen molar-refractivity contribution in [2.24, 2.45) is 0 Å². The Morgan fingerprint density at radius 1 is 1.28 bits per heavy atom. The van der Waals surface area contributed by atoms with Crippen LogP contribution in [0.4, 0.5) is 0 Å². The summed E-state index contributed by atoms with van der Waals surface area (Å²) < 4.78 is 5.00. The molecule has 1 atom stereocenters. The molecule has 5 heteroatoms. The van der Waals surface area contributed by atoms with Crippen LogP contribution in [-0.2, 0) is 9.53 Å². The van der Waals surface area contributed by atoms with Gasteiger partial charge in [0.2, 0.25) is 0 Å². The maximum atomic E-state index is 11.5. The predicted octanol–water partition coefficient (Wildman–Crippen LogP) is 1.76. The van der Waals surface area contributed by atoms with Gasteiger partial charge in [0, 0.05) is 0 Å². The molecule has 0 saturated heterocycles. The van der Waals surface area contributed by atoms with Gasteiger partial charge < -0.3 is 14.9 Å². The van der Waals surface area contributed by atoms with E-state index in [-0.39, 0.29) is 5.56 Å². The van der Waals surface area contributed by atoms with Crippen LogP contribution in [0, 0.1) is 0 Å². The summed E-state index contributed by atoms with van der Waals surface area (Å²) in [7, 11) is 0. The smallest absolute Gasteiger partial charge is 0.338 e. The normalized spacial score (nSPS) is 11.9. The first-order valence-corrected chi connectivity index (χ1v) is 5.74. The number of carbonyl (C=O) groups excluding carboxylic acids is 1. The molecule has 1 aromatic rings. The SMILES string of the molecule is CCCCOC(=O)c1ccc(C(O)C(=O)O)cc1. The summed E-state index contributed by atoms with van der Waals surface area (Å²) in [5, 5.41) is 17.9. The van der Waals surface area contributed by atoms with Gasteiger partial charge in [0.25, 0.3) is 0 Å². The summed E-state index contributed by atoms with van der Waals surface area (Å²) in [5.74, 6) is -1.77. The van der Waals surface area contributed by atoms with E-state index in [1.807, 2.05) is 6.92 Å². The molecule has 1 rings (SSSR count). The first-order chi connectivity index (χ1) is 8.56. The average Bonchev–Trinajstić information content (AvgIpc) is 2.38. The molecule has 98 valence electrons. The Morgan fingerprint density at radius 2 is 1.89 bits per heavy atom. The Kier molecular flexibility index (Phi) is 5.32. The lowest BCUT2D eigenvalue weighted by Gasteiger charge is -2.07. The van der Waals surface area contributed by atoms with E-state index in [0.717, 1.165) is 12.8 Å². The first-order valence-electron chi connectivity index (χ1n) is 5.74. The predicted molar refractivity (Wildman–Crippen MR) is 64.2 cm³/mol. The van der Waals surface area contributed by atoms with Crippen LogP contribution in [0.2, 0.25) is 0 Å². The minimum absolute atomic E-state index is 0.229. The number of benzene rings is 1. The highest BCUT2D eigenvalue weighted by Crippen LogP contribution is 2.14. The monoisotopic (exact) mass is 252 g/mol. The number of carboxylic acid groups (broad SMARTS) is 1. The second kappa shape index (κ2) is 6.76. The van der Waals surface area contributed by atoms with Crippen LogP contribution in [0.5, 0.6) is 0 Å². The fourth-order valence-electron chi connectivity index (χ4n) is 1.34. The van der Waals surface area contributed by atoms with Crippen LogP contribution < -0.4 is 0 Å². The zero-order valence-electron chi connectivity index (χ0n) is 10.1. The van der Waals surface area contributed by atoms with E-state index in [1.165, 1.54) is 24.3 Å². The quantitative estimate of drug-likeness (QED) is 0.595. The van der Waals surface area contributed by atoms with Crippen molar-refractivity contribution in [1.82, 2.24) is 0 Å². The van der Waals surface area contributed by atoms with Crippen LogP contribution in [0.15, 0.2) is 24.3 Å². The van der Waals surface area contributed by atoms with Crippen LogP contribution >= 0.6 is 0 Å². The van der Waals surface area contributed by atoms with Crippen LogP contribution in [0.1, 0.15) is 41.8 Å². The number of aliphatic hydroxyl groups excluding tert-OH is 1. The highest BCUT2D eigenvalue weighted by atomic mass is 16.5. The van der Waals surface area contributed by atoms with Crippen molar-refractivity contribution < 1.29 is 24.5 Å². The van der Waals surface area contributed by atoms with Gasteiger partial charge in [-0.2, -0.15) is 0 Å². The van der Waals surface area contributed by atoms with E-state index in [4.69, 9.17) is 9.84 Å². The number of aliphatic hydroxyl groups is 1. The van der Waals surface area contributed by atoms with Gasteiger partial charge in [-0.3, -0.25) is 0 Å². The summed E-state index contributed by atoms with van der Waals surface area (Å²) >= 11 is 0. The Morgan fingerprint density at radius 3 is 2.39 bits per heavy atom. The summed E-state index contributed by atoms with van der Waals surface area (Å²) in [6, 6.07) is 5.68. The van der Waals surface area contributed by atoms with E-state index in [1.54, 1.807) is 0 Å². The van der Waals surface area contributed by atoms with Crippen molar-refractivity contribution in [2.75, 3.05) is 6.61 Å². The molecular weight excluding hydrogens is 236 g/mol. The lowest BCUT2D eigenvalue weighted by Crippen LogP contribution is -2.11. The van der Waals surface area contributed by atoms with Gasteiger partial charge in [-0.25, -0.2) is 9.59 Å². The third-order valence-electron chi connectivity index (χ3n) is 2.43. The molecule has 0 heterocycles. The van der Waals surface area contributed by atoms with Gasteiger partial charge >= 0.3 is 11.9 Å². The van der Waals surface area contributed by atoms with E-state index in [2.05, 4.69) is 0 Å². The van der Waals surface area contributed by atoms with Gasteiger partial charge in [-0.15, -0.1) is 0 Å². The summed E-state index contributed by atoms with van der Waals surface area (Å²) in [4.78, 5) is 22.1. The topological polar surface area (TPSA) is 83.8 Å². The fraction of sp³-hybridized carbons (Fsp3) is 0.385. The number of ether oxygens (including phenoxy) is 1. The number of hydrogen-bond donors (Lipinski definition) is 2. The third-order valence-corrected chi connectivity index (χ3v) is 2.43. The molecule has 0 saturated carbocycles. The molecule has 0 aliphatic rings. The lowest BCUT2D eigenvalue weighted by atomic mass is 10.1. The Labute approximate surface area is 105 Å². The van der Waals surface area contributed by atoms with Gasteiger partial charge in [0.05, 0.1) is 12.2 Å². The Hall–Kier alpha value is -1.88. The summed E-state index contributed by atoms with van der Waals surface area (Å²) in [6.45, 7) is 2.37. The standard InChI is InChI=1S/C13H16O5/c1-2-3-8-18-13(17)10-6-4-9(5-7-10)11(14)12(15)16/h4-7,11,14H,2-3,8H2,1H3,(H,15,16). The van der Waals surface area contributed by atoms with Crippen LogP contribution in [-0.4, -0.2) is 28.8 Å². The van der Waals surface area contributed by atoms with Gasteiger partial charge in [0.15, 0.2) is 6.10 Å². The maximum absolute atomic E-state index is 11.5. The molecule has 0 fully saturated rings. The molecule has 1 unspecified atom stereocenters. The van der Waals surface area contributed by atoms with Crippen molar-refractivity contribution in [3.8, 4) is 0 Å². The number of unbranched alkanes of at least 4 members (excludes halogenated alkanes) is 1. The molecule has 0 amide bonds. The van der Waals surface area contributed by atoms with E-state index < -0.39 is 18.0 Å². The fourth-order valence-corrected chi connectivity index (χ4v) is 1.34. The largest absolute Gasteiger partial charge is 0.479 e. The number of rotatable bonds is 6. The van der Waals surface area contributed by atoms with Crippen LogP contribution in [0.25, 0.3) is 0 Å². The maximum Gasteiger partial charge on any atom is 0.338 e. The van der Waals surface area contributed by atoms with Crippen LogP contribution in [0.3, 0.4) is 0 Å². The molecule has 0 aromatic heterocycles. The highest BCUT2D eigenvalue weighted by Gasteiger charge is 2.16. The molecule has 1 aromatic carbocycles. The summed E-state index contributed by atoms with van der Waals surface area (Å²) in [6.07, 6.45) is 0.175. The van der Waals surface area contributed by atoms with Crippen molar-refractivity contribution in [2.45, 2.75) is 25.9 Å².